The fourth-order valence-electron chi connectivity index (χ4n) is 3.05. The molecule has 1 aliphatic rings. The van der Waals surface area contributed by atoms with Crippen molar-refractivity contribution in [1.29, 1.82) is 5.26 Å². The number of hydrogen-bond donors (Lipinski definition) is 1. The Morgan fingerprint density at radius 3 is 3.03 bits per heavy atom. The second-order valence-electron chi connectivity index (χ2n) is 6.49. The van der Waals surface area contributed by atoms with Crippen LogP contribution in [0, 0.1) is 11.3 Å². The molecular weight excluding hydrogens is 376 g/mol. The molecule has 1 aromatic carbocycles. The van der Waals surface area contributed by atoms with Gasteiger partial charge in [-0.25, -0.2) is 4.98 Å². The maximum Gasteiger partial charge on any atom is 0.274 e. The number of phenolic OH excluding ortho intramolecular Hbond substituents is 1. The SMILES string of the molecule is CC(C#N)c1nccnc1C(=O)N1CCOC[C@H]1COc1cccc(O)c1C=O. The van der Waals surface area contributed by atoms with E-state index in [-0.39, 0.29) is 41.9 Å². The van der Waals surface area contributed by atoms with E-state index in [1.165, 1.54) is 18.5 Å². The molecule has 2 aromatic rings. The average Bonchev–Trinajstić information content (AvgIpc) is 2.77. The minimum absolute atomic E-state index is 0.0427. The molecule has 0 radical (unpaired) electrons. The van der Waals surface area contributed by atoms with Gasteiger partial charge in [0.15, 0.2) is 12.0 Å². The Labute approximate surface area is 167 Å². The zero-order valence-corrected chi connectivity index (χ0v) is 15.8. The molecule has 1 aliphatic heterocycles. The van der Waals surface area contributed by atoms with Crippen LogP contribution in [0.1, 0.15) is 39.4 Å². The van der Waals surface area contributed by atoms with Crippen molar-refractivity contribution >= 4 is 12.2 Å². The molecule has 3 rings (SSSR count). The summed E-state index contributed by atoms with van der Waals surface area (Å²) in [5.41, 5.74) is 0.489. The number of rotatable bonds is 6. The third kappa shape index (κ3) is 4.33. The van der Waals surface area contributed by atoms with Crippen molar-refractivity contribution in [2.75, 3.05) is 26.4 Å². The number of ether oxygens (including phenoxy) is 2. The first-order valence-corrected chi connectivity index (χ1v) is 9.06. The van der Waals surface area contributed by atoms with E-state index < -0.39 is 12.0 Å². The fraction of sp³-hybridized carbons (Fsp3) is 0.350. The Morgan fingerprint density at radius 1 is 1.48 bits per heavy atom. The topological polar surface area (TPSA) is 126 Å². The summed E-state index contributed by atoms with van der Waals surface area (Å²) < 4.78 is 11.2. The lowest BCUT2D eigenvalue weighted by molar-refractivity contribution is -0.0154. The fourth-order valence-corrected chi connectivity index (χ4v) is 3.05. The number of carbonyl (C=O) groups is 2. The monoisotopic (exact) mass is 396 g/mol. The number of aromatic nitrogens is 2. The third-order valence-electron chi connectivity index (χ3n) is 4.61. The molecule has 1 unspecified atom stereocenters. The molecule has 2 heterocycles. The van der Waals surface area contributed by atoms with Crippen molar-refractivity contribution in [3.63, 3.8) is 0 Å². The largest absolute Gasteiger partial charge is 0.507 e. The van der Waals surface area contributed by atoms with Gasteiger partial charge in [-0.15, -0.1) is 0 Å². The maximum atomic E-state index is 13.1. The van der Waals surface area contributed by atoms with Crippen molar-refractivity contribution in [3.8, 4) is 17.6 Å². The Balaban J connectivity index is 1.81. The van der Waals surface area contributed by atoms with Gasteiger partial charge >= 0.3 is 0 Å². The first-order valence-electron chi connectivity index (χ1n) is 9.06. The highest BCUT2D eigenvalue weighted by Crippen LogP contribution is 2.26. The number of aromatic hydroxyl groups is 1. The van der Waals surface area contributed by atoms with Crippen molar-refractivity contribution in [1.82, 2.24) is 14.9 Å². The highest BCUT2D eigenvalue weighted by molar-refractivity contribution is 5.94. The number of hydrogen-bond acceptors (Lipinski definition) is 8. The molecule has 150 valence electrons. The number of nitrogens with zero attached hydrogens (tertiary/aromatic N) is 4. The summed E-state index contributed by atoms with van der Waals surface area (Å²) in [4.78, 5) is 34.2. The predicted molar refractivity (Wildman–Crippen MR) is 101 cm³/mol. The third-order valence-corrected chi connectivity index (χ3v) is 4.61. The van der Waals surface area contributed by atoms with Crippen LogP contribution in [0.15, 0.2) is 30.6 Å². The van der Waals surface area contributed by atoms with Gasteiger partial charge in [0.25, 0.3) is 5.91 Å². The molecule has 29 heavy (non-hydrogen) atoms. The molecule has 1 amide bonds. The van der Waals surface area contributed by atoms with Gasteiger partial charge in [0.2, 0.25) is 0 Å². The lowest BCUT2D eigenvalue weighted by Gasteiger charge is -2.35. The lowest BCUT2D eigenvalue weighted by Crippen LogP contribution is -2.51. The smallest absolute Gasteiger partial charge is 0.274 e. The Hall–Kier alpha value is -3.51. The lowest BCUT2D eigenvalue weighted by atomic mass is 10.1. The normalized spacial score (nSPS) is 17.2. The van der Waals surface area contributed by atoms with Crippen molar-refractivity contribution < 1.29 is 24.2 Å². The molecule has 0 saturated carbocycles. The van der Waals surface area contributed by atoms with Gasteiger partial charge in [0.1, 0.15) is 18.1 Å². The molecule has 0 bridgehead atoms. The van der Waals surface area contributed by atoms with Gasteiger partial charge in [0, 0.05) is 18.9 Å². The molecule has 0 spiro atoms. The van der Waals surface area contributed by atoms with E-state index in [9.17, 15) is 20.0 Å². The second-order valence-corrected chi connectivity index (χ2v) is 6.49. The van der Waals surface area contributed by atoms with Crippen LogP contribution < -0.4 is 4.74 Å². The number of amides is 1. The van der Waals surface area contributed by atoms with E-state index in [0.717, 1.165) is 0 Å². The summed E-state index contributed by atoms with van der Waals surface area (Å²) in [6.45, 7) is 2.63. The number of benzene rings is 1. The maximum absolute atomic E-state index is 13.1. The Morgan fingerprint density at radius 2 is 2.28 bits per heavy atom. The summed E-state index contributed by atoms with van der Waals surface area (Å²) in [5.74, 6) is -0.907. The summed E-state index contributed by atoms with van der Waals surface area (Å²) in [6, 6.07) is 6.15. The number of phenols is 1. The van der Waals surface area contributed by atoms with E-state index in [1.54, 1.807) is 24.0 Å². The van der Waals surface area contributed by atoms with Gasteiger partial charge in [-0.2, -0.15) is 5.26 Å². The van der Waals surface area contributed by atoms with E-state index in [0.29, 0.717) is 25.1 Å². The van der Waals surface area contributed by atoms with Crippen LogP contribution in [-0.2, 0) is 4.74 Å². The van der Waals surface area contributed by atoms with Gasteiger partial charge < -0.3 is 19.5 Å². The number of carbonyl (C=O) groups excluding carboxylic acids is 2. The van der Waals surface area contributed by atoms with E-state index in [2.05, 4.69) is 16.0 Å². The number of aldehydes is 1. The molecule has 1 N–H and O–H groups in total. The van der Waals surface area contributed by atoms with Gasteiger partial charge in [-0.05, 0) is 19.1 Å². The summed E-state index contributed by atoms with van der Waals surface area (Å²) in [7, 11) is 0. The van der Waals surface area contributed by atoms with Crippen LogP contribution in [-0.4, -0.2) is 64.6 Å². The predicted octanol–water partition coefficient (Wildman–Crippen LogP) is 1.54. The van der Waals surface area contributed by atoms with Crippen LogP contribution in [0.25, 0.3) is 0 Å². The number of nitriles is 1. The molecule has 1 saturated heterocycles. The molecule has 2 atom stereocenters. The second kappa shape index (κ2) is 9.12. The van der Waals surface area contributed by atoms with Crippen molar-refractivity contribution in [2.24, 2.45) is 0 Å². The molecule has 0 aliphatic carbocycles. The minimum Gasteiger partial charge on any atom is -0.507 e. The summed E-state index contributed by atoms with van der Waals surface area (Å²) in [5, 5.41) is 19.0. The van der Waals surface area contributed by atoms with Crippen LogP contribution in [0.2, 0.25) is 0 Å². The van der Waals surface area contributed by atoms with E-state index in [4.69, 9.17) is 9.47 Å². The molecular formula is C20H20N4O5. The molecule has 1 aromatic heterocycles. The van der Waals surface area contributed by atoms with Crippen molar-refractivity contribution in [2.45, 2.75) is 18.9 Å². The van der Waals surface area contributed by atoms with Crippen LogP contribution in [0.5, 0.6) is 11.5 Å². The Kier molecular flexibility index (Phi) is 6.36. The van der Waals surface area contributed by atoms with Crippen LogP contribution in [0.3, 0.4) is 0 Å². The van der Waals surface area contributed by atoms with Crippen molar-refractivity contribution in [3.05, 3.63) is 47.5 Å². The van der Waals surface area contributed by atoms with E-state index in [1.807, 2.05) is 0 Å². The average molecular weight is 396 g/mol. The first kappa shape index (κ1) is 20.2. The van der Waals surface area contributed by atoms with Gasteiger partial charge in [-0.3, -0.25) is 14.6 Å². The minimum atomic E-state index is -0.583. The highest BCUT2D eigenvalue weighted by atomic mass is 16.5. The molecule has 9 nitrogen and oxygen atoms in total. The van der Waals surface area contributed by atoms with Gasteiger partial charge in [-0.1, -0.05) is 6.07 Å². The molecule has 1 fully saturated rings. The zero-order chi connectivity index (χ0) is 20.8. The number of morpholine rings is 1. The highest BCUT2D eigenvalue weighted by Gasteiger charge is 2.32. The van der Waals surface area contributed by atoms with Crippen LogP contribution in [0.4, 0.5) is 0 Å². The Bertz CT molecular complexity index is 943. The quantitative estimate of drug-likeness (QED) is 0.729. The van der Waals surface area contributed by atoms with Gasteiger partial charge in [0.05, 0.1) is 42.5 Å². The van der Waals surface area contributed by atoms with Crippen LogP contribution >= 0.6 is 0 Å². The van der Waals surface area contributed by atoms with E-state index >= 15 is 0 Å². The zero-order valence-electron chi connectivity index (χ0n) is 15.8. The summed E-state index contributed by atoms with van der Waals surface area (Å²) >= 11 is 0. The standard InChI is InChI=1S/C20H20N4O5/c1-13(9-21)18-19(23-6-5-22-18)20(27)24-7-8-28-11-14(24)12-29-17-4-2-3-16(26)15(17)10-25/h2-6,10,13-14,26H,7-8,11-12H2,1H3/t13?,14-/m0/s1. The summed E-state index contributed by atoms with van der Waals surface area (Å²) in [6.07, 6.45) is 3.37. The molecule has 9 heteroatoms. The first-order chi connectivity index (χ1) is 14.1.